The first-order chi connectivity index (χ1) is 13.0. The van der Waals surface area contributed by atoms with Gasteiger partial charge in [-0.05, 0) is 55.3 Å². The van der Waals surface area contributed by atoms with E-state index >= 15 is 0 Å². The minimum Gasteiger partial charge on any atom is -0.485 e. The lowest BCUT2D eigenvalue weighted by Crippen LogP contribution is -2.40. The first kappa shape index (κ1) is 17.9. The number of benzene rings is 1. The monoisotopic (exact) mass is 383 g/mol. The van der Waals surface area contributed by atoms with Gasteiger partial charge in [-0.2, -0.15) is 4.99 Å². The summed E-state index contributed by atoms with van der Waals surface area (Å²) in [6, 6.07) is 7.85. The van der Waals surface area contributed by atoms with Crippen LogP contribution < -0.4 is 10.5 Å². The fraction of sp³-hybridized carbons (Fsp3) is 0.350. The van der Waals surface area contributed by atoms with Gasteiger partial charge in [-0.1, -0.05) is 18.2 Å². The number of thioether (sulfide) groups is 1. The Labute approximate surface area is 162 Å². The number of rotatable bonds is 2. The Balaban J connectivity index is 1.48. The quantitative estimate of drug-likeness (QED) is 0.794. The lowest BCUT2D eigenvalue weighted by atomic mass is 9.97. The Morgan fingerprint density at radius 1 is 1.33 bits per heavy atom. The van der Waals surface area contributed by atoms with Crippen LogP contribution in [0, 0.1) is 5.92 Å². The highest BCUT2D eigenvalue weighted by Gasteiger charge is 2.31. The fourth-order valence-corrected chi connectivity index (χ4v) is 4.43. The molecule has 2 amide bonds. The van der Waals surface area contributed by atoms with Crippen molar-refractivity contribution < 1.29 is 14.3 Å². The zero-order chi connectivity index (χ0) is 19.0. The second-order valence-corrected chi connectivity index (χ2v) is 7.93. The normalized spacial score (nSPS) is 24.3. The smallest absolute Gasteiger partial charge is 0.286 e. The van der Waals surface area contributed by atoms with Crippen molar-refractivity contribution in [1.29, 1.82) is 0 Å². The average Bonchev–Trinajstić information content (AvgIpc) is 3.03. The molecule has 0 radical (unpaired) electrons. The number of ether oxygens (including phenoxy) is 1. The molecular formula is C20H21N3O3S. The van der Waals surface area contributed by atoms with Gasteiger partial charge in [-0.3, -0.25) is 9.59 Å². The van der Waals surface area contributed by atoms with E-state index in [2.05, 4.69) is 16.0 Å². The van der Waals surface area contributed by atoms with Gasteiger partial charge in [-0.15, -0.1) is 0 Å². The summed E-state index contributed by atoms with van der Waals surface area (Å²) in [5, 5.41) is 0.708. The van der Waals surface area contributed by atoms with E-state index < -0.39 is 0 Å². The van der Waals surface area contributed by atoms with E-state index in [9.17, 15) is 9.59 Å². The third-order valence-electron chi connectivity index (χ3n) is 5.09. The molecule has 1 atom stereocenters. The van der Waals surface area contributed by atoms with E-state index in [1.165, 1.54) is 11.8 Å². The molecule has 1 saturated heterocycles. The number of carbonyl (C=O) groups is 2. The topological polar surface area (TPSA) is 85.0 Å². The molecule has 7 heteroatoms. The average molecular weight is 383 g/mol. The number of piperidine rings is 1. The molecule has 1 aromatic rings. The van der Waals surface area contributed by atoms with Crippen LogP contribution in [0.15, 0.2) is 45.8 Å². The molecule has 2 N–H and O–H groups in total. The second kappa shape index (κ2) is 7.23. The Kier molecular flexibility index (Phi) is 4.78. The molecule has 0 saturated carbocycles. The van der Waals surface area contributed by atoms with Crippen molar-refractivity contribution in [1.82, 2.24) is 4.90 Å². The van der Waals surface area contributed by atoms with E-state index in [0.29, 0.717) is 36.0 Å². The van der Waals surface area contributed by atoms with Crippen molar-refractivity contribution in [2.75, 3.05) is 13.1 Å². The van der Waals surface area contributed by atoms with Crippen molar-refractivity contribution in [3.8, 4) is 5.75 Å². The van der Waals surface area contributed by atoms with E-state index in [4.69, 9.17) is 10.5 Å². The summed E-state index contributed by atoms with van der Waals surface area (Å²) in [5.74, 6) is 0.307. The van der Waals surface area contributed by atoms with Crippen molar-refractivity contribution in [2.45, 2.75) is 25.9 Å². The van der Waals surface area contributed by atoms with Gasteiger partial charge >= 0.3 is 0 Å². The first-order valence-electron chi connectivity index (χ1n) is 9.05. The fourth-order valence-electron chi connectivity index (χ4n) is 3.46. The van der Waals surface area contributed by atoms with Gasteiger partial charge in [0.15, 0.2) is 5.17 Å². The highest BCUT2D eigenvalue weighted by atomic mass is 32.2. The van der Waals surface area contributed by atoms with Gasteiger partial charge in [0.05, 0.1) is 4.91 Å². The zero-order valence-corrected chi connectivity index (χ0v) is 15.9. The molecule has 3 heterocycles. The largest absolute Gasteiger partial charge is 0.485 e. The van der Waals surface area contributed by atoms with Crippen LogP contribution in [0.3, 0.4) is 0 Å². The molecular weight excluding hydrogens is 362 g/mol. The summed E-state index contributed by atoms with van der Waals surface area (Å²) in [7, 11) is 0. The number of nitrogens with two attached hydrogens (primary N) is 1. The maximum Gasteiger partial charge on any atom is 0.286 e. The zero-order valence-electron chi connectivity index (χ0n) is 15.1. The Bertz CT molecular complexity index is 882. The first-order valence-corrected chi connectivity index (χ1v) is 9.87. The molecule has 4 rings (SSSR count). The van der Waals surface area contributed by atoms with E-state index in [-0.39, 0.29) is 23.8 Å². The maximum atomic E-state index is 12.4. The number of aliphatic imine (C=N–C) groups is 1. The van der Waals surface area contributed by atoms with Crippen LogP contribution in [-0.2, 0) is 9.59 Å². The van der Waals surface area contributed by atoms with E-state index in [1.807, 2.05) is 37.3 Å². The molecule has 3 aliphatic heterocycles. The van der Waals surface area contributed by atoms with Crippen molar-refractivity contribution >= 4 is 34.8 Å². The summed E-state index contributed by atoms with van der Waals surface area (Å²) in [6.45, 7) is 3.35. The standard InChI is InChI=1S/C20H21N3O3S/c1-12-15(10-14-4-2-3-5-16(14)26-12)11-17-19(25)22-20(27-17)23-8-6-13(7-9-23)18(21)24/h2-5,10-13H,6-9H2,1H3,(H2,21,24)/b17-11+. The highest BCUT2D eigenvalue weighted by molar-refractivity contribution is 8.18. The number of primary amides is 1. The third kappa shape index (κ3) is 3.64. The second-order valence-electron chi connectivity index (χ2n) is 6.92. The number of fused-ring (bicyclic) bond motifs is 1. The number of likely N-dealkylation sites (tertiary alicyclic amines) is 1. The number of para-hydroxylation sites is 1. The molecule has 27 heavy (non-hydrogen) atoms. The van der Waals surface area contributed by atoms with Crippen LogP contribution in [0.2, 0.25) is 0 Å². The van der Waals surface area contributed by atoms with E-state index in [0.717, 1.165) is 16.9 Å². The minimum atomic E-state index is -0.245. The minimum absolute atomic E-state index is 0.0792. The Morgan fingerprint density at radius 3 is 2.81 bits per heavy atom. The molecule has 6 nitrogen and oxygen atoms in total. The molecule has 0 spiro atoms. The number of nitrogens with zero attached hydrogens (tertiary/aromatic N) is 2. The van der Waals surface area contributed by atoms with Crippen LogP contribution in [0.25, 0.3) is 6.08 Å². The Morgan fingerprint density at radius 2 is 2.07 bits per heavy atom. The van der Waals surface area contributed by atoms with Crippen molar-refractivity contribution in [3.63, 3.8) is 0 Å². The lowest BCUT2D eigenvalue weighted by Gasteiger charge is -2.31. The molecule has 1 fully saturated rings. The van der Waals surface area contributed by atoms with Crippen LogP contribution in [0.1, 0.15) is 25.3 Å². The lowest BCUT2D eigenvalue weighted by molar-refractivity contribution is -0.123. The SMILES string of the molecule is CC1Oc2ccccc2C=C1/C=C1/SC(N2CCC(C(N)=O)CC2)=NC1=O. The van der Waals surface area contributed by atoms with E-state index in [1.54, 1.807) is 0 Å². The highest BCUT2D eigenvalue weighted by Crippen LogP contribution is 2.35. The molecule has 1 unspecified atom stereocenters. The maximum absolute atomic E-state index is 12.4. The third-order valence-corrected chi connectivity index (χ3v) is 6.13. The molecule has 0 aliphatic carbocycles. The van der Waals surface area contributed by atoms with Gasteiger partial charge in [0.1, 0.15) is 11.9 Å². The van der Waals surface area contributed by atoms with Crippen LogP contribution in [0.5, 0.6) is 5.75 Å². The molecule has 3 aliphatic rings. The molecule has 1 aromatic carbocycles. The molecule has 140 valence electrons. The van der Waals surface area contributed by atoms with Crippen LogP contribution in [0.4, 0.5) is 0 Å². The van der Waals surface area contributed by atoms with Crippen molar-refractivity contribution in [2.24, 2.45) is 16.6 Å². The predicted molar refractivity (Wildman–Crippen MR) is 106 cm³/mol. The predicted octanol–water partition coefficient (Wildman–Crippen LogP) is 2.56. The molecule has 0 aromatic heterocycles. The number of hydrogen-bond donors (Lipinski definition) is 1. The van der Waals surface area contributed by atoms with Gasteiger partial charge in [0.2, 0.25) is 5.91 Å². The van der Waals surface area contributed by atoms with Crippen LogP contribution >= 0.6 is 11.8 Å². The summed E-state index contributed by atoms with van der Waals surface area (Å²) in [6.07, 6.45) is 5.21. The number of amidine groups is 1. The number of hydrogen-bond acceptors (Lipinski definition) is 5. The summed E-state index contributed by atoms with van der Waals surface area (Å²) in [4.78, 5) is 30.6. The van der Waals surface area contributed by atoms with Crippen LogP contribution in [-0.4, -0.2) is 41.1 Å². The van der Waals surface area contributed by atoms with Gasteiger partial charge < -0.3 is 15.4 Å². The van der Waals surface area contributed by atoms with Crippen molar-refractivity contribution in [3.05, 3.63) is 46.4 Å². The van der Waals surface area contributed by atoms with Gasteiger partial charge in [0, 0.05) is 24.6 Å². The summed E-state index contributed by atoms with van der Waals surface area (Å²) >= 11 is 1.39. The number of carbonyl (C=O) groups excluding carboxylic acids is 2. The summed E-state index contributed by atoms with van der Waals surface area (Å²) in [5.41, 5.74) is 7.35. The number of amides is 2. The summed E-state index contributed by atoms with van der Waals surface area (Å²) < 4.78 is 5.94. The Hall–Kier alpha value is -2.54. The van der Waals surface area contributed by atoms with Gasteiger partial charge in [-0.25, -0.2) is 0 Å². The van der Waals surface area contributed by atoms with Gasteiger partial charge in [0.25, 0.3) is 5.91 Å². The molecule has 0 bridgehead atoms.